The maximum Gasteiger partial charge on any atom is 0.326 e. The molecule has 0 saturated carbocycles. The minimum absolute atomic E-state index is 0.0717. The molecule has 0 aromatic heterocycles. The van der Waals surface area contributed by atoms with E-state index in [1.165, 1.54) is 11.8 Å². The number of carbonyl (C=O) groups is 6. The molecule has 0 rings (SSSR count). The first kappa shape index (κ1) is 30.1. The Morgan fingerprint density at radius 1 is 0.848 bits per heavy atom. The molecule has 9 N–H and O–H groups in total. The highest BCUT2D eigenvalue weighted by atomic mass is 32.2. The topological polar surface area (TPSA) is 231 Å². The average molecular weight is 492 g/mol. The van der Waals surface area contributed by atoms with Crippen LogP contribution < -0.4 is 27.4 Å². The smallest absolute Gasteiger partial charge is 0.326 e. The van der Waals surface area contributed by atoms with Crippen molar-refractivity contribution in [3.63, 3.8) is 0 Å². The van der Waals surface area contributed by atoms with Crippen LogP contribution >= 0.6 is 11.8 Å². The molecule has 4 amide bonds. The van der Waals surface area contributed by atoms with Crippen LogP contribution in [0.3, 0.4) is 0 Å². The third-order valence-electron chi connectivity index (χ3n) is 4.34. The molecular weight excluding hydrogens is 458 g/mol. The van der Waals surface area contributed by atoms with Gasteiger partial charge in [-0.25, -0.2) is 4.79 Å². The minimum atomic E-state index is -1.71. The zero-order valence-corrected chi connectivity index (χ0v) is 19.6. The quantitative estimate of drug-likeness (QED) is 0.125. The standard InChI is InChI=1S/C19H33N5O8S/c1-9(2)6-10(20)16(28)23-12(7-14(21)25)18(30)22-11(4-5-33-3)17(29)24-13(19(31)32)8-15(26)27/h9-13H,4-8,20H2,1-3H3,(H2,21,25)(H,22,30)(H,23,28)(H,24,29)(H,26,27)(H,31,32). The molecule has 4 unspecified atom stereocenters. The molecule has 4 atom stereocenters. The van der Waals surface area contributed by atoms with Gasteiger partial charge in [0, 0.05) is 0 Å². The summed E-state index contributed by atoms with van der Waals surface area (Å²) in [5.74, 6) is -5.89. The molecule has 0 bridgehead atoms. The molecule has 0 aromatic carbocycles. The second-order valence-corrected chi connectivity index (χ2v) is 8.79. The Kier molecular flexibility index (Phi) is 13.7. The van der Waals surface area contributed by atoms with E-state index in [9.17, 15) is 28.8 Å². The van der Waals surface area contributed by atoms with Gasteiger partial charge in [-0.3, -0.25) is 24.0 Å². The first-order valence-electron chi connectivity index (χ1n) is 10.2. The summed E-state index contributed by atoms with van der Waals surface area (Å²) in [6, 6.07) is -5.31. The zero-order chi connectivity index (χ0) is 25.7. The van der Waals surface area contributed by atoms with E-state index >= 15 is 0 Å². The van der Waals surface area contributed by atoms with Gasteiger partial charge in [-0.15, -0.1) is 0 Å². The molecule has 0 saturated heterocycles. The van der Waals surface area contributed by atoms with Crippen LogP contribution in [0, 0.1) is 5.92 Å². The van der Waals surface area contributed by atoms with E-state index in [1.807, 2.05) is 13.8 Å². The average Bonchev–Trinajstić information content (AvgIpc) is 2.68. The Hall–Kier alpha value is -2.87. The highest BCUT2D eigenvalue weighted by Crippen LogP contribution is 2.06. The van der Waals surface area contributed by atoms with Crippen molar-refractivity contribution < 1.29 is 39.0 Å². The van der Waals surface area contributed by atoms with Gasteiger partial charge in [-0.05, 0) is 30.8 Å². The maximum absolute atomic E-state index is 12.8. The van der Waals surface area contributed by atoms with Crippen LogP contribution in [0.25, 0.3) is 0 Å². The van der Waals surface area contributed by atoms with Gasteiger partial charge in [0.1, 0.15) is 18.1 Å². The van der Waals surface area contributed by atoms with Gasteiger partial charge in [0.2, 0.25) is 23.6 Å². The normalized spacial score (nSPS) is 14.5. The van der Waals surface area contributed by atoms with Crippen molar-refractivity contribution in [3.05, 3.63) is 0 Å². The van der Waals surface area contributed by atoms with E-state index in [2.05, 4.69) is 16.0 Å². The summed E-state index contributed by atoms with van der Waals surface area (Å²) in [7, 11) is 0. The molecule has 0 aliphatic rings. The molecule has 0 heterocycles. The Balaban J connectivity index is 5.49. The monoisotopic (exact) mass is 491 g/mol. The Morgan fingerprint density at radius 3 is 1.82 bits per heavy atom. The summed E-state index contributed by atoms with van der Waals surface area (Å²) < 4.78 is 0. The molecule has 0 aliphatic carbocycles. The van der Waals surface area contributed by atoms with E-state index in [4.69, 9.17) is 21.7 Å². The van der Waals surface area contributed by atoms with Crippen molar-refractivity contribution in [2.75, 3.05) is 12.0 Å². The highest BCUT2D eigenvalue weighted by Gasteiger charge is 2.31. The molecule has 0 fully saturated rings. The SMILES string of the molecule is CSCCC(NC(=O)C(CC(N)=O)NC(=O)C(N)CC(C)C)C(=O)NC(CC(=O)O)C(=O)O. The molecule has 0 aromatic rings. The third-order valence-corrected chi connectivity index (χ3v) is 4.98. The van der Waals surface area contributed by atoms with Gasteiger partial charge >= 0.3 is 11.9 Å². The Labute approximate surface area is 195 Å². The first-order chi connectivity index (χ1) is 15.3. The number of rotatable bonds is 16. The summed E-state index contributed by atoms with van der Waals surface area (Å²) in [4.78, 5) is 71.2. The van der Waals surface area contributed by atoms with E-state index < -0.39 is 72.6 Å². The van der Waals surface area contributed by atoms with E-state index in [-0.39, 0.29) is 12.3 Å². The van der Waals surface area contributed by atoms with E-state index in [0.717, 1.165) is 0 Å². The molecule has 0 aliphatic heterocycles. The lowest BCUT2D eigenvalue weighted by Gasteiger charge is -2.24. The zero-order valence-electron chi connectivity index (χ0n) is 18.8. The molecule has 33 heavy (non-hydrogen) atoms. The predicted molar refractivity (Wildman–Crippen MR) is 120 cm³/mol. The van der Waals surface area contributed by atoms with Crippen molar-refractivity contribution in [2.45, 2.75) is 63.7 Å². The lowest BCUT2D eigenvalue weighted by atomic mass is 10.0. The molecule has 0 radical (unpaired) electrons. The number of aliphatic carboxylic acids is 2. The van der Waals surface area contributed by atoms with Crippen LogP contribution in [-0.4, -0.2) is 82.0 Å². The van der Waals surface area contributed by atoms with Gasteiger partial charge in [0.15, 0.2) is 0 Å². The number of hydrogen-bond acceptors (Lipinski definition) is 8. The molecule has 0 spiro atoms. The van der Waals surface area contributed by atoms with Crippen molar-refractivity contribution in [3.8, 4) is 0 Å². The van der Waals surface area contributed by atoms with Gasteiger partial charge < -0.3 is 37.6 Å². The van der Waals surface area contributed by atoms with Gasteiger partial charge in [-0.2, -0.15) is 11.8 Å². The number of hydrogen-bond donors (Lipinski definition) is 7. The Morgan fingerprint density at radius 2 is 1.36 bits per heavy atom. The highest BCUT2D eigenvalue weighted by molar-refractivity contribution is 7.98. The number of nitrogens with one attached hydrogen (secondary N) is 3. The van der Waals surface area contributed by atoms with Crippen LogP contribution in [0.4, 0.5) is 0 Å². The first-order valence-corrected chi connectivity index (χ1v) is 11.6. The third kappa shape index (κ3) is 12.7. The van der Waals surface area contributed by atoms with Crippen LogP contribution in [0.1, 0.15) is 39.5 Å². The lowest BCUT2D eigenvalue weighted by Crippen LogP contribution is -2.58. The fourth-order valence-corrected chi connectivity index (χ4v) is 3.20. The van der Waals surface area contributed by atoms with Crippen molar-refractivity contribution in [2.24, 2.45) is 17.4 Å². The second kappa shape index (κ2) is 15.1. The van der Waals surface area contributed by atoms with E-state index in [0.29, 0.717) is 12.2 Å². The summed E-state index contributed by atoms with van der Waals surface area (Å²) >= 11 is 1.35. The second-order valence-electron chi connectivity index (χ2n) is 7.81. The van der Waals surface area contributed by atoms with Crippen LogP contribution in [0.5, 0.6) is 0 Å². The number of carboxylic acid groups (broad SMARTS) is 2. The number of carboxylic acids is 2. The maximum atomic E-state index is 12.8. The fourth-order valence-electron chi connectivity index (χ4n) is 2.73. The van der Waals surface area contributed by atoms with E-state index in [1.54, 1.807) is 6.26 Å². The van der Waals surface area contributed by atoms with Crippen molar-refractivity contribution in [1.82, 2.24) is 16.0 Å². The van der Waals surface area contributed by atoms with Crippen molar-refractivity contribution in [1.29, 1.82) is 0 Å². The van der Waals surface area contributed by atoms with Crippen molar-refractivity contribution >= 4 is 47.3 Å². The minimum Gasteiger partial charge on any atom is -0.481 e. The summed E-state index contributed by atoms with van der Waals surface area (Å²) in [6.07, 6.45) is 0.726. The fraction of sp³-hybridized carbons (Fsp3) is 0.684. The Bertz CT molecular complexity index is 733. The summed E-state index contributed by atoms with van der Waals surface area (Å²) in [5.41, 5.74) is 11.0. The number of thioether (sulfide) groups is 1. The molecule has 188 valence electrons. The number of carbonyl (C=O) groups excluding carboxylic acids is 4. The largest absolute Gasteiger partial charge is 0.481 e. The van der Waals surface area contributed by atoms with Crippen LogP contribution in [-0.2, 0) is 28.8 Å². The molecular formula is C19H33N5O8S. The van der Waals surface area contributed by atoms with Crippen LogP contribution in [0.15, 0.2) is 0 Å². The number of primary amides is 1. The summed E-state index contributed by atoms with van der Waals surface area (Å²) in [5, 5.41) is 24.8. The summed E-state index contributed by atoms with van der Waals surface area (Å²) in [6.45, 7) is 3.70. The predicted octanol–water partition coefficient (Wildman–Crippen LogP) is -2.00. The number of amides is 4. The van der Waals surface area contributed by atoms with Gasteiger partial charge in [0.05, 0.1) is 18.9 Å². The van der Waals surface area contributed by atoms with Crippen LogP contribution in [0.2, 0.25) is 0 Å². The lowest BCUT2D eigenvalue weighted by molar-refractivity contribution is -0.147. The van der Waals surface area contributed by atoms with Gasteiger partial charge in [-0.1, -0.05) is 13.8 Å². The molecule has 14 heteroatoms. The number of nitrogens with two attached hydrogens (primary N) is 2. The molecule has 13 nitrogen and oxygen atoms in total. The van der Waals surface area contributed by atoms with Gasteiger partial charge in [0.25, 0.3) is 0 Å².